The lowest BCUT2D eigenvalue weighted by atomic mass is 9.85. The molecule has 0 saturated heterocycles. The minimum Gasteiger partial charge on any atom is -0.465 e. The molecule has 5 nitrogen and oxygen atoms in total. The van der Waals surface area contributed by atoms with Crippen LogP contribution in [0.2, 0.25) is 0 Å². The number of esters is 2. The Kier molecular flexibility index (Phi) is 4.29. The predicted molar refractivity (Wildman–Crippen MR) is 75.3 cm³/mol. The molecule has 1 aromatic rings. The van der Waals surface area contributed by atoms with Gasteiger partial charge in [0.25, 0.3) is 0 Å². The van der Waals surface area contributed by atoms with Crippen LogP contribution in [0.4, 0.5) is 0 Å². The summed E-state index contributed by atoms with van der Waals surface area (Å²) in [5.74, 6) is 0.689. The Labute approximate surface area is 118 Å². The first kappa shape index (κ1) is 14.8. The second kappa shape index (κ2) is 5.80. The van der Waals surface area contributed by atoms with E-state index in [1.54, 1.807) is 13.8 Å². The highest BCUT2D eigenvalue weighted by Gasteiger charge is 2.52. The maximum Gasteiger partial charge on any atom is 0.324 e. The number of hydrogen-bond donors (Lipinski definition) is 0. The first-order valence-corrected chi connectivity index (χ1v) is 7.66. The Balaban J connectivity index is 2.39. The molecular weight excluding hydrogens is 279 g/mol. The van der Waals surface area contributed by atoms with E-state index in [0.29, 0.717) is 0 Å². The molecule has 0 spiro atoms. The van der Waals surface area contributed by atoms with Crippen molar-refractivity contribution in [2.24, 2.45) is 5.41 Å². The molecule has 2 rings (SSSR count). The van der Waals surface area contributed by atoms with Crippen LogP contribution in [0, 0.1) is 5.41 Å². The van der Waals surface area contributed by atoms with Gasteiger partial charge in [0.05, 0.1) is 13.2 Å². The first-order valence-electron chi connectivity index (χ1n) is 6.58. The molecule has 0 amide bonds. The SMILES string of the molecule is CCOC(=O)C1(C(=O)OCC)Cc2c[pH]c(=O)cc2C1. The molecule has 108 valence electrons. The Bertz CT molecular complexity index is 571. The molecule has 0 saturated carbocycles. The minimum absolute atomic E-state index is 0.0206. The van der Waals surface area contributed by atoms with Crippen LogP contribution in [0.15, 0.2) is 16.7 Å². The van der Waals surface area contributed by atoms with E-state index in [1.807, 2.05) is 5.80 Å². The van der Waals surface area contributed by atoms with Crippen molar-refractivity contribution in [1.29, 1.82) is 0 Å². The van der Waals surface area contributed by atoms with Crippen LogP contribution in [0.25, 0.3) is 0 Å². The van der Waals surface area contributed by atoms with Crippen molar-refractivity contribution in [3.63, 3.8) is 0 Å². The third-order valence-corrected chi connectivity index (χ3v) is 4.34. The fourth-order valence-electron chi connectivity index (χ4n) is 2.50. The molecule has 0 aliphatic heterocycles. The standard InChI is InChI=1S/C14H17O5P/c1-3-18-12(16)14(13(17)19-4-2)6-9-5-11(15)20-8-10(9)7-14/h5,8,20H,3-4,6-7H2,1-2H3. The number of hydrogen-bond acceptors (Lipinski definition) is 5. The van der Waals surface area contributed by atoms with Crippen LogP contribution in [0.5, 0.6) is 0 Å². The molecule has 0 N–H and O–H groups in total. The summed E-state index contributed by atoms with van der Waals surface area (Å²) in [6, 6.07) is 1.54. The smallest absolute Gasteiger partial charge is 0.324 e. The largest absolute Gasteiger partial charge is 0.465 e. The molecule has 0 aromatic carbocycles. The van der Waals surface area contributed by atoms with Crippen LogP contribution < -0.4 is 5.16 Å². The summed E-state index contributed by atoms with van der Waals surface area (Å²) in [4.78, 5) is 36.0. The van der Waals surface area contributed by atoms with Gasteiger partial charge in [0.2, 0.25) is 0 Å². The third kappa shape index (κ3) is 2.50. The average molecular weight is 296 g/mol. The minimum atomic E-state index is -1.32. The van der Waals surface area contributed by atoms with Crippen LogP contribution in [-0.4, -0.2) is 25.2 Å². The van der Waals surface area contributed by atoms with E-state index in [4.69, 9.17) is 9.47 Å². The fraction of sp³-hybridized carbons (Fsp3) is 0.500. The Morgan fingerprint density at radius 1 is 1.15 bits per heavy atom. The zero-order chi connectivity index (χ0) is 14.8. The van der Waals surface area contributed by atoms with Gasteiger partial charge in [0.15, 0.2) is 10.6 Å². The highest BCUT2D eigenvalue weighted by Crippen LogP contribution is 2.39. The maximum absolute atomic E-state index is 12.2. The van der Waals surface area contributed by atoms with Gasteiger partial charge in [-0.25, -0.2) is 0 Å². The van der Waals surface area contributed by atoms with E-state index in [2.05, 4.69) is 0 Å². The van der Waals surface area contributed by atoms with Crippen LogP contribution >= 0.6 is 8.19 Å². The van der Waals surface area contributed by atoms with Gasteiger partial charge in [-0.2, -0.15) is 0 Å². The highest BCUT2D eigenvalue weighted by molar-refractivity contribution is 7.27. The summed E-state index contributed by atoms with van der Waals surface area (Å²) in [5.41, 5.74) is 0.331. The van der Waals surface area contributed by atoms with E-state index in [1.165, 1.54) is 6.07 Å². The Morgan fingerprint density at radius 2 is 1.70 bits per heavy atom. The van der Waals surface area contributed by atoms with E-state index in [0.717, 1.165) is 11.1 Å². The summed E-state index contributed by atoms with van der Waals surface area (Å²) >= 11 is 0. The Hall–Kier alpha value is -1.61. The zero-order valence-electron chi connectivity index (χ0n) is 11.5. The monoisotopic (exact) mass is 296 g/mol. The average Bonchev–Trinajstić information content (AvgIpc) is 2.79. The third-order valence-electron chi connectivity index (χ3n) is 3.42. The molecule has 1 unspecified atom stereocenters. The molecule has 0 radical (unpaired) electrons. The van der Waals surface area contributed by atoms with Crippen molar-refractivity contribution in [3.05, 3.63) is 32.9 Å². The molecule has 1 aromatic heterocycles. The molecule has 0 fully saturated rings. The van der Waals surface area contributed by atoms with Gasteiger partial charge in [-0.15, -0.1) is 0 Å². The number of carbonyl (C=O) groups excluding carboxylic acids is 2. The van der Waals surface area contributed by atoms with Gasteiger partial charge < -0.3 is 9.47 Å². The molecule has 1 aliphatic rings. The second-order valence-electron chi connectivity index (χ2n) is 4.72. The van der Waals surface area contributed by atoms with Crippen molar-refractivity contribution in [3.8, 4) is 0 Å². The fourth-order valence-corrected chi connectivity index (χ4v) is 3.36. The summed E-state index contributed by atoms with van der Waals surface area (Å²) in [6.45, 7) is 3.81. The molecule has 1 atom stereocenters. The predicted octanol–water partition coefficient (Wildman–Crippen LogP) is 1.29. The number of rotatable bonds is 4. The van der Waals surface area contributed by atoms with Gasteiger partial charge in [-0.3, -0.25) is 14.4 Å². The maximum atomic E-state index is 12.2. The lowest BCUT2D eigenvalue weighted by Crippen LogP contribution is -2.43. The zero-order valence-corrected chi connectivity index (χ0v) is 12.5. The van der Waals surface area contributed by atoms with Crippen molar-refractivity contribution in [2.45, 2.75) is 26.7 Å². The van der Waals surface area contributed by atoms with Gasteiger partial charge in [-0.1, -0.05) is 8.19 Å². The van der Waals surface area contributed by atoms with Crippen LogP contribution in [0.3, 0.4) is 0 Å². The van der Waals surface area contributed by atoms with Crippen LogP contribution in [-0.2, 0) is 31.9 Å². The van der Waals surface area contributed by atoms with Gasteiger partial charge >= 0.3 is 11.9 Å². The molecule has 0 bridgehead atoms. The van der Waals surface area contributed by atoms with E-state index in [9.17, 15) is 14.4 Å². The number of fused-ring (bicyclic) bond motifs is 1. The van der Waals surface area contributed by atoms with E-state index >= 15 is 0 Å². The van der Waals surface area contributed by atoms with Gasteiger partial charge in [-0.05, 0) is 43.3 Å². The van der Waals surface area contributed by atoms with Crippen molar-refractivity contribution in [2.75, 3.05) is 13.2 Å². The first-order chi connectivity index (χ1) is 9.53. The quantitative estimate of drug-likeness (QED) is 0.618. The topological polar surface area (TPSA) is 69.7 Å². The molecule has 20 heavy (non-hydrogen) atoms. The van der Waals surface area contributed by atoms with Crippen molar-refractivity contribution < 1.29 is 19.1 Å². The van der Waals surface area contributed by atoms with Crippen molar-refractivity contribution in [1.82, 2.24) is 0 Å². The second-order valence-corrected chi connectivity index (χ2v) is 5.79. The number of carbonyl (C=O) groups is 2. The summed E-state index contributed by atoms with van der Waals surface area (Å²) < 4.78 is 10.1. The summed E-state index contributed by atoms with van der Waals surface area (Å²) in [5, 5.41) is 0.0206. The summed E-state index contributed by atoms with van der Waals surface area (Å²) in [7, 11) is 0.0721. The van der Waals surface area contributed by atoms with Gasteiger partial charge in [0.1, 0.15) is 0 Å². The van der Waals surface area contributed by atoms with E-state index in [-0.39, 0.29) is 39.4 Å². The molecule has 1 heterocycles. The van der Waals surface area contributed by atoms with Gasteiger partial charge in [0, 0.05) is 6.42 Å². The lowest BCUT2D eigenvalue weighted by molar-refractivity contribution is -0.171. The highest BCUT2D eigenvalue weighted by atomic mass is 31.0. The number of ether oxygens (including phenoxy) is 2. The van der Waals surface area contributed by atoms with E-state index < -0.39 is 17.4 Å². The molecular formula is C14H17O5P. The Morgan fingerprint density at radius 3 is 2.25 bits per heavy atom. The van der Waals surface area contributed by atoms with Crippen LogP contribution in [0.1, 0.15) is 25.0 Å². The molecule has 6 heteroatoms. The van der Waals surface area contributed by atoms with Crippen molar-refractivity contribution >= 4 is 20.1 Å². The molecule has 1 aliphatic carbocycles. The normalized spacial score (nSPS) is 15.9. The summed E-state index contributed by atoms with van der Waals surface area (Å²) in [6.07, 6.45) is 0.448. The lowest BCUT2D eigenvalue weighted by Gasteiger charge is -2.23.